The minimum absolute atomic E-state index is 0.684. The van der Waals surface area contributed by atoms with E-state index in [9.17, 15) is 0 Å². The van der Waals surface area contributed by atoms with Crippen LogP contribution in [0.15, 0.2) is 0 Å². The van der Waals surface area contributed by atoms with Gasteiger partial charge in [-0.2, -0.15) is 0 Å². The molecule has 84 valence electrons. The Hall–Kier alpha value is -0.120. The van der Waals surface area contributed by atoms with Crippen LogP contribution in [0.2, 0.25) is 0 Å². The number of hydrogen-bond acceptors (Lipinski definition) is 3. The second kappa shape index (κ2) is 6.38. The Morgan fingerprint density at radius 2 is 2.07 bits per heavy atom. The zero-order valence-corrected chi connectivity index (χ0v) is 9.54. The van der Waals surface area contributed by atoms with Crippen molar-refractivity contribution in [2.24, 2.45) is 11.7 Å². The lowest BCUT2D eigenvalue weighted by atomic mass is 9.84. The average molecular weight is 200 g/mol. The lowest BCUT2D eigenvalue weighted by molar-refractivity contribution is 0.0941. The molecular formula is C11H24N2O. The van der Waals surface area contributed by atoms with Gasteiger partial charge >= 0.3 is 0 Å². The van der Waals surface area contributed by atoms with E-state index in [1.54, 1.807) is 7.11 Å². The average Bonchev–Trinajstić information content (AvgIpc) is 2.25. The van der Waals surface area contributed by atoms with Gasteiger partial charge in [-0.25, -0.2) is 0 Å². The number of nitrogens with two attached hydrogens (primary N) is 1. The molecule has 2 unspecified atom stereocenters. The zero-order chi connectivity index (χ0) is 10.4. The molecule has 2 atom stereocenters. The summed E-state index contributed by atoms with van der Waals surface area (Å²) < 4.78 is 5.10. The van der Waals surface area contributed by atoms with Crippen molar-refractivity contribution < 1.29 is 4.74 Å². The van der Waals surface area contributed by atoms with E-state index in [1.807, 2.05) is 0 Å². The lowest BCUT2D eigenvalue weighted by Crippen LogP contribution is -2.44. The minimum atomic E-state index is 0.684. The first-order valence-corrected chi connectivity index (χ1v) is 5.68. The van der Waals surface area contributed by atoms with Crippen molar-refractivity contribution >= 4 is 0 Å². The fraction of sp³-hybridized carbons (Fsp3) is 1.00. The predicted octanol–water partition coefficient (Wildman–Crippen LogP) is 1.08. The maximum absolute atomic E-state index is 5.80. The molecule has 0 spiro atoms. The molecule has 2 N–H and O–H groups in total. The molecule has 3 heteroatoms. The summed E-state index contributed by atoms with van der Waals surface area (Å²) in [4.78, 5) is 2.42. The first kappa shape index (κ1) is 12.0. The Morgan fingerprint density at radius 3 is 2.71 bits per heavy atom. The molecule has 0 aromatic rings. The third-order valence-electron chi connectivity index (χ3n) is 3.39. The van der Waals surface area contributed by atoms with Gasteiger partial charge in [-0.05, 0) is 32.4 Å². The van der Waals surface area contributed by atoms with Gasteiger partial charge in [-0.15, -0.1) is 0 Å². The fourth-order valence-electron chi connectivity index (χ4n) is 2.44. The minimum Gasteiger partial charge on any atom is -0.383 e. The Bertz CT molecular complexity index is 152. The van der Waals surface area contributed by atoms with Crippen LogP contribution in [0.1, 0.15) is 25.7 Å². The molecule has 1 aliphatic rings. The molecule has 0 aromatic heterocycles. The summed E-state index contributed by atoms with van der Waals surface area (Å²) in [6, 6.07) is 0.684. The van der Waals surface area contributed by atoms with Gasteiger partial charge in [0.05, 0.1) is 6.61 Å². The van der Waals surface area contributed by atoms with Crippen LogP contribution in [-0.4, -0.2) is 44.8 Å². The quantitative estimate of drug-likeness (QED) is 0.722. The van der Waals surface area contributed by atoms with E-state index < -0.39 is 0 Å². The van der Waals surface area contributed by atoms with E-state index in [0.717, 1.165) is 19.7 Å². The molecule has 0 aromatic carbocycles. The van der Waals surface area contributed by atoms with Gasteiger partial charge < -0.3 is 15.4 Å². The summed E-state index contributed by atoms with van der Waals surface area (Å²) in [6.07, 6.45) is 5.33. The predicted molar refractivity (Wildman–Crippen MR) is 59.3 cm³/mol. The molecule has 0 saturated heterocycles. The molecule has 0 radical (unpaired) electrons. The maximum atomic E-state index is 5.80. The van der Waals surface area contributed by atoms with E-state index in [0.29, 0.717) is 12.0 Å². The van der Waals surface area contributed by atoms with Crippen LogP contribution in [0.4, 0.5) is 0 Å². The van der Waals surface area contributed by atoms with Gasteiger partial charge in [0.25, 0.3) is 0 Å². The number of ether oxygens (including phenoxy) is 1. The summed E-state index contributed by atoms with van der Waals surface area (Å²) in [5, 5.41) is 0. The molecule has 1 saturated carbocycles. The summed E-state index contributed by atoms with van der Waals surface area (Å²) in [6.45, 7) is 2.68. The van der Waals surface area contributed by atoms with Gasteiger partial charge in [0.1, 0.15) is 0 Å². The van der Waals surface area contributed by atoms with Crippen LogP contribution in [0.5, 0.6) is 0 Å². The van der Waals surface area contributed by atoms with Gasteiger partial charge in [0.2, 0.25) is 0 Å². The normalized spacial score (nSPS) is 28.3. The van der Waals surface area contributed by atoms with Gasteiger partial charge in [0, 0.05) is 19.7 Å². The number of methoxy groups -OCH3 is 1. The molecule has 0 bridgehead atoms. The second-order valence-corrected chi connectivity index (χ2v) is 4.32. The second-order valence-electron chi connectivity index (χ2n) is 4.32. The number of rotatable bonds is 5. The Morgan fingerprint density at radius 1 is 1.36 bits per heavy atom. The Balaban J connectivity index is 2.37. The van der Waals surface area contributed by atoms with Gasteiger partial charge in [0.15, 0.2) is 0 Å². The first-order chi connectivity index (χ1) is 6.79. The molecule has 0 amide bonds. The summed E-state index contributed by atoms with van der Waals surface area (Å²) >= 11 is 0. The van der Waals surface area contributed by atoms with Crippen molar-refractivity contribution in [2.75, 3.05) is 33.9 Å². The Labute approximate surface area is 87.6 Å². The maximum Gasteiger partial charge on any atom is 0.0589 e. The topological polar surface area (TPSA) is 38.5 Å². The monoisotopic (exact) mass is 200 g/mol. The van der Waals surface area contributed by atoms with Crippen molar-refractivity contribution in [2.45, 2.75) is 31.7 Å². The molecule has 3 nitrogen and oxygen atoms in total. The summed E-state index contributed by atoms with van der Waals surface area (Å²) in [5.74, 6) is 0.700. The van der Waals surface area contributed by atoms with E-state index in [1.165, 1.54) is 25.7 Å². The third kappa shape index (κ3) is 3.23. The standard InChI is InChI=1S/C11H24N2O/c1-13(7-8-14-2)11-6-4-3-5-10(11)9-12/h10-11H,3-9,12H2,1-2H3. The largest absolute Gasteiger partial charge is 0.383 e. The highest BCUT2D eigenvalue weighted by molar-refractivity contribution is 4.82. The molecular weight excluding hydrogens is 176 g/mol. The molecule has 0 heterocycles. The van der Waals surface area contributed by atoms with E-state index >= 15 is 0 Å². The lowest BCUT2D eigenvalue weighted by Gasteiger charge is -2.37. The summed E-state index contributed by atoms with van der Waals surface area (Å²) in [7, 11) is 3.95. The van der Waals surface area contributed by atoms with E-state index in [-0.39, 0.29) is 0 Å². The van der Waals surface area contributed by atoms with Crippen LogP contribution in [0.25, 0.3) is 0 Å². The van der Waals surface area contributed by atoms with Crippen molar-refractivity contribution in [3.05, 3.63) is 0 Å². The van der Waals surface area contributed by atoms with E-state index in [4.69, 9.17) is 10.5 Å². The van der Waals surface area contributed by atoms with Crippen LogP contribution in [0.3, 0.4) is 0 Å². The van der Waals surface area contributed by atoms with Crippen molar-refractivity contribution in [1.82, 2.24) is 4.90 Å². The number of hydrogen-bond donors (Lipinski definition) is 1. The van der Waals surface area contributed by atoms with Crippen molar-refractivity contribution in [3.63, 3.8) is 0 Å². The first-order valence-electron chi connectivity index (χ1n) is 5.68. The Kier molecular flexibility index (Phi) is 5.45. The SMILES string of the molecule is COCCN(C)C1CCCCC1CN. The smallest absolute Gasteiger partial charge is 0.0589 e. The highest BCUT2D eigenvalue weighted by Gasteiger charge is 2.26. The molecule has 0 aliphatic heterocycles. The van der Waals surface area contributed by atoms with Crippen molar-refractivity contribution in [3.8, 4) is 0 Å². The summed E-state index contributed by atoms with van der Waals surface area (Å²) in [5.41, 5.74) is 5.80. The van der Waals surface area contributed by atoms with E-state index in [2.05, 4.69) is 11.9 Å². The number of nitrogens with zero attached hydrogens (tertiary/aromatic N) is 1. The van der Waals surface area contributed by atoms with Crippen LogP contribution >= 0.6 is 0 Å². The molecule has 1 rings (SSSR count). The highest BCUT2D eigenvalue weighted by atomic mass is 16.5. The zero-order valence-electron chi connectivity index (χ0n) is 9.54. The fourth-order valence-corrected chi connectivity index (χ4v) is 2.44. The van der Waals surface area contributed by atoms with Crippen LogP contribution in [0, 0.1) is 5.92 Å². The van der Waals surface area contributed by atoms with Crippen LogP contribution < -0.4 is 5.73 Å². The van der Waals surface area contributed by atoms with Crippen LogP contribution in [-0.2, 0) is 4.74 Å². The third-order valence-corrected chi connectivity index (χ3v) is 3.39. The van der Waals surface area contributed by atoms with Crippen molar-refractivity contribution in [1.29, 1.82) is 0 Å². The highest BCUT2D eigenvalue weighted by Crippen LogP contribution is 2.26. The van der Waals surface area contributed by atoms with Gasteiger partial charge in [-0.1, -0.05) is 12.8 Å². The number of likely N-dealkylation sites (N-methyl/N-ethyl adjacent to an activating group) is 1. The molecule has 1 fully saturated rings. The van der Waals surface area contributed by atoms with Gasteiger partial charge in [-0.3, -0.25) is 0 Å². The molecule has 14 heavy (non-hydrogen) atoms. The molecule has 1 aliphatic carbocycles.